The highest BCUT2D eigenvalue weighted by Crippen LogP contribution is 2.23. The molecule has 0 saturated carbocycles. The smallest absolute Gasteiger partial charge is 0.250 e. The minimum absolute atomic E-state index is 0.162. The van der Waals surface area contributed by atoms with Crippen molar-refractivity contribution in [3.8, 4) is 5.75 Å². The van der Waals surface area contributed by atoms with Crippen LogP contribution in [0.2, 0.25) is 5.15 Å². The highest BCUT2D eigenvalue weighted by atomic mass is 35.5. The van der Waals surface area contributed by atoms with Gasteiger partial charge in [-0.2, -0.15) is 5.10 Å². The average Bonchev–Trinajstić information content (AvgIpc) is 2.67. The number of hydrogen-bond acceptors (Lipinski definition) is 5. The van der Waals surface area contributed by atoms with E-state index in [0.717, 1.165) is 16.7 Å². The Kier molecular flexibility index (Phi) is 7.12. The van der Waals surface area contributed by atoms with Gasteiger partial charge in [-0.15, -0.1) is 11.8 Å². The molecule has 0 saturated heterocycles. The lowest BCUT2D eigenvalue weighted by Crippen LogP contribution is -2.19. The van der Waals surface area contributed by atoms with E-state index >= 15 is 0 Å². The summed E-state index contributed by atoms with van der Waals surface area (Å²) in [4.78, 5) is 16.4. The zero-order valence-electron chi connectivity index (χ0n) is 16.5. The molecule has 0 aliphatic heterocycles. The Hall–Kier alpha value is -2.57. The summed E-state index contributed by atoms with van der Waals surface area (Å²) in [5, 5.41) is 5.23. The van der Waals surface area contributed by atoms with E-state index in [-0.39, 0.29) is 5.91 Å². The van der Waals surface area contributed by atoms with Crippen LogP contribution >= 0.6 is 23.4 Å². The van der Waals surface area contributed by atoms with Crippen molar-refractivity contribution in [2.45, 2.75) is 19.6 Å². The second-order valence-corrected chi connectivity index (χ2v) is 8.05. The van der Waals surface area contributed by atoms with Crippen LogP contribution in [0.3, 0.4) is 0 Å². The quantitative estimate of drug-likeness (QED) is 0.331. The fraction of sp³-hybridized carbons (Fsp3) is 0.227. The van der Waals surface area contributed by atoms with E-state index in [9.17, 15) is 4.79 Å². The maximum absolute atomic E-state index is 12.0. The number of aromatic nitrogens is 1. The van der Waals surface area contributed by atoms with Gasteiger partial charge in [-0.25, -0.2) is 10.4 Å². The molecule has 2 aromatic carbocycles. The van der Waals surface area contributed by atoms with E-state index in [1.807, 2.05) is 24.3 Å². The molecule has 0 atom stereocenters. The average molecular weight is 428 g/mol. The second kappa shape index (κ2) is 9.76. The molecule has 7 heteroatoms. The number of nitrogens with zero attached hydrogens (tertiary/aromatic N) is 2. The summed E-state index contributed by atoms with van der Waals surface area (Å²) in [6.07, 6.45) is 1.51. The summed E-state index contributed by atoms with van der Waals surface area (Å²) in [5.74, 6) is 1.66. The molecule has 150 valence electrons. The lowest BCUT2D eigenvalue weighted by molar-refractivity contribution is -0.118. The van der Waals surface area contributed by atoms with E-state index in [0.29, 0.717) is 22.2 Å². The van der Waals surface area contributed by atoms with Crippen LogP contribution in [0, 0.1) is 13.8 Å². The second-order valence-electron chi connectivity index (χ2n) is 6.71. The number of carbonyl (C=O) groups is 1. The Balaban J connectivity index is 1.55. The number of hydrazone groups is 1. The summed E-state index contributed by atoms with van der Waals surface area (Å²) >= 11 is 7.78. The molecule has 0 spiro atoms. The molecule has 1 heterocycles. The molecule has 3 aromatic rings. The summed E-state index contributed by atoms with van der Waals surface area (Å²) in [7, 11) is 1.60. The molecule has 0 radical (unpaired) electrons. The number of pyridine rings is 1. The van der Waals surface area contributed by atoms with Crippen molar-refractivity contribution in [3.05, 3.63) is 69.9 Å². The van der Waals surface area contributed by atoms with Crippen LogP contribution in [0.15, 0.2) is 47.6 Å². The lowest BCUT2D eigenvalue weighted by Gasteiger charge is -2.05. The molecule has 1 N–H and O–H groups in total. The van der Waals surface area contributed by atoms with Gasteiger partial charge in [0, 0.05) is 22.8 Å². The number of carbonyl (C=O) groups excluding carboxylic acids is 1. The van der Waals surface area contributed by atoms with Crippen molar-refractivity contribution >= 4 is 46.4 Å². The van der Waals surface area contributed by atoms with Crippen LogP contribution < -0.4 is 10.2 Å². The molecule has 3 rings (SSSR count). The van der Waals surface area contributed by atoms with Crippen LogP contribution in [-0.2, 0) is 10.5 Å². The van der Waals surface area contributed by atoms with E-state index in [2.05, 4.69) is 47.6 Å². The van der Waals surface area contributed by atoms with Gasteiger partial charge in [-0.05, 0) is 37.6 Å². The standard InChI is InChI=1S/C22H22ClN3O2S/c1-14-6-15(2)8-16(7-14)12-29-13-21(27)26-24-11-18-9-17-4-5-19(28-3)10-20(17)25-22(18)23/h4-11H,12-13H2,1-3H3,(H,26,27)/b24-11-. The maximum Gasteiger partial charge on any atom is 0.250 e. The molecule has 0 aliphatic rings. The van der Waals surface area contributed by atoms with E-state index in [1.54, 1.807) is 18.9 Å². The van der Waals surface area contributed by atoms with Crippen molar-refractivity contribution in [3.63, 3.8) is 0 Å². The highest BCUT2D eigenvalue weighted by molar-refractivity contribution is 7.99. The number of fused-ring (bicyclic) bond motifs is 1. The third kappa shape index (κ3) is 5.95. The number of ether oxygens (including phenoxy) is 1. The Labute approximate surface area is 179 Å². The number of nitrogens with one attached hydrogen (secondary N) is 1. The van der Waals surface area contributed by atoms with Crippen LogP contribution in [-0.4, -0.2) is 30.0 Å². The van der Waals surface area contributed by atoms with Gasteiger partial charge in [0.05, 0.1) is 24.6 Å². The maximum atomic E-state index is 12.0. The molecular formula is C22H22ClN3O2S. The normalized spacial score (nSPS) is 11.2. The first-order chi connectivity index (χ1) is 13.9. The topological polar surface area (TPSA) is 63.6 Å². The molecule has 0 fully saturated rings. The molecular weight excluding hydrogens is 406 g/mol. The monoisotopic (exact) mass is 427 g/mol. The highest BCUT2D eigenvalue weighted by Gasteiger charge is 2.06. The van der Waals surface area contributed by atoms with Crippen LogP contribution in [0.1, 0.15) is 22.3 Å². The van der Waals surface area contributed by atoms with E-state index in [1.165, 1.54) is 22.9 Å². The summed E-state index contributed by atoms with van der Waals surface area (Å²) < 4.78 is 5.20. The molecule has 0 aliphatic carbocycles. The van der Waals surface area contributed by atoms with Gasteiger partial charge < -0.3 is 4.74 Å². The Morgan fingerprint density at radius 1 is 1.21 bits per heavy atom. The Bertz CT molecular complexity index is 1050. The van der Waals surface area contributed by atoms with Gasteiger partial charge >= 0.3 is 0 Å². The van der Waals surface area contributed by atoms with Gasteiger partial charge in [0.1, 0.15) is 10.9 Å². The zero-order chi connectivity index (χ0) is 20.8. The number of halogens is 1. The first-order valence-corrected chi connectivity index (χ1v) is 10.6. The molecule has 5 nitrogen and oxygen atoms in total. The molecule has 0 bridgehead atoms. The van der Waals surface area contributed by atoms with Crippen LogP contribution in [0.25, 0.3) is 10.9 Å². The van der Waals surface area contributed by atoms with Crippen molar-refractivity contribution < 1.29 is 9.53 Å². The first-order valence-electron chi connectivity index (χ1n) is 9.06. The summed E-state index contributed by atoms with van der Waals surface area (Å²) in [6, 6.07) is 13.9. The Morgan fingerprint density at radius 2 is 1.97 bits per heavy atom. The number of rotatable bonds is 7. The molecule has 1 aromatic heterocycles. The van der Waals surface area contributed by atoms with Crippen molar-refractivity contribution in [1.82, 2.24) is 10.4 Å². The number of benzene rings is 2. The van der Waals surface area contributed by atoms with Gasteiger partial charge in [0.25, 0.3) is 0 Å². The number of amides is 1. The van der Waals surface area contributed by atoms with Crippen molar-refractivity contribution in [1.29, 1.82) is 0 Å². The third-order valence-corrected chi connectivity index (χ3v) is 5.49. The van der Waals surface area contributed by atoms with Crippen molar-refractivity contribution in [2.24, 2.45) is 5.10 Å². The van der Waals surface area contributed by atoms with Gasteiger partial charge in [-0.1, -0.05) is 40.9 Å². The fourth-order valence-electron chi connectivity index (χ4n) is 2.98. The third-order valence-electron chi connectivity index (χ3n) is 4.18. The Morgan fingerprint density at radius 3 is 2.69 bits per heavy atom. The van der Waals surface area contributed by atoms with Crippen molar-refractivity contribution in [2.75, 3.05) is 12.9 Å². The van der Waals surface area contributed by atoms with Gasteiger partial charge in [-0.3, -0.25) is 4.79 Å². The molecule has 29 heavy (non-hydrogen) atoms. The predicted molar refractivity (Wildman–Crippen MR) is 121 cm³/mol. The SMILES string of the molecule is COc1ccc2cc(/C=N\NC(=O)CSCc3cc(C)cc(C)c3)c(Cl)nc2c1. The minimum atomic E-state index is -0.162. The number of methoxy groups -OCH3 is 1. The summed E-state index contributed by atoms with van der Waals surface area (Å²) in [5.41, 5.74) is 7.58. The minimum Gasteiger partial charge on any atom is -0.497 e. The van der Waals surface area contributed by atoms with Gasteiger partial charge in [0.15, 0.2) is 0 Å². The molecule has 1 amide bonds. The first kappa shape index (κ1) is 21.1. The van der Waals surface area contributed by atoms with Crippen LogP contribution in [0.4, 0.5) is 0 Å². The van der Waals surface area contributed by atoms with E-state index in [4.69, 9.17) is 16.3 Å². The fourth-order valence-corrected chi connectivity index (χ4v) is 3.93. The molecule has 0 unspecified atom stereocenters. The number of hydrogen-bond donors (Lipinski definition) is 1. The summed E-state index contributed by atoms with van der Waals surface area (Å²) in [6.45, 7) is 4.15. The van der Waals surface area contributed by atoms with E-state index < -0.39 is 0 Å². The largest absolute Gasteiger partial charge is 0.497 e. The predicted octanol–water partition coefficient (Wildman–Crippen LogP) is 4.90. The van der Waals surface area contributed by atoms with Gasteiger partial charge in [0.2, 0.25) is 5.91 Å². The number of thioether (sulfide) groups is 1. The lowest BCUT2D eigenvalue weighted by atomic mass is 10.1. The number of aryl methyl sites for hydroxylation is 2. The zero-order valence-corrected chi connectivity index (χ0v) is 18.1. The van der Waals surface area contributed by atoms with Crippen LogP contribution in [0.5, 0.6) is 5.75 Å².